The molecule has 0 unspecified atom stereocenters. The van der Waals surface area contributed by atoms with Gasteiger partial charge >= 0.3 is 0 Å². The fraction of sp³-hybridized carbons (Fsp3) is 0.609. The van der Waals surface area contributed by atoms with E-state index in [0.29, 0.717) is 12.5 Å². The number of carbonyl (C=O) groups is 3. The molecule has 1 saturated heterocycles. The molecule has 1 atom stereocenters. The van der Waals surface area contributed by atoms with Gasteiger partial charge in [0.15, 0.2) is 6.04 Å². The van der Waals surface area contributed by atoms with Gasteiger partial charge in [-0.2, -0.15) is 0 Å². The van der Waals surface area contributed by atoms with Gasteiger partial charge < -0.3 is 20.7 Å². The minimum Gasteiger partial charge on any atom is -0.370 e. The van der Waals surface area contributed by atoms with E-state index >= 15 is 0 Å². The molecule has 0 aromatic heterocycles. The summed E-state index contributed by atoms with van der Waals surface area (Å²) in [5.41, 5.74) is 5.49. The molecule has 1 aliphatic heterocycles. The molecule has 180 valence electrons. The van der Waals surface area contributed by atoms with E-state index in [1.807, 2.05) is 4.90 Å². The number of hydrogen-bond donors (Lipinski definition) is 2. The summed E-state index contributed by atoms with van der Waals surface area (Å²) < 4.78 is 32.7. The first-order valence-corrected chi connectivity index (χ1v) is 11.5. The molecule has 3 fully saturated rings. The summed E-state index contributed by atoms with van der Waals surface area (Å²) in [4.78, 5) is 40.7. The van der Waals surface area contributed by atoms with Crippen LogP contribution in [0.2, 0.25) is 0 Å². The van der Waals surface area contributed by atoms with Crippen LogP contribution >= 0.6 is 0 Å². The highest BCUT2D eigenvalue weighted by atomic mass is 19.3. The molecule has 4 rings (SSSR count). The quantitative estimate of drug-likeness (QED) is 0.546. The molecule has 3 amide bonds. The fourth-order valence-electron chi connectivity index (χ4n) is 4.64. The highest BCUT2D eigenvalue weighted by Gasteiger charge is 2.40. The van der Waals surface area contributed by atoms with Crippen LogP contribution in [-0.4, -0.2) is 61.0 Å². The number of nitrogens with one attached hydrogen (secondary N) is 1. The number of ether oxygens (including phenoxy) is 1. The van der Waals surface area contributed by atoms with Gasteiger partial charge in [-0.25, -0.2) is 8.78 Å². The highest BCUT2D eigenvalue weighted by Crippen LogP contribution is 2.35. The van der Waals surface area contributed by atoms with Crippen molar-refractivity contribution in [2.24, 2.45) is 11.7 Å². The van der Waals surface area contributed by atoms with Crippen molar-refractivity contribution in [2.75, 3.05) is 36.5 Å². The molecule has 2 saturated carbocycles. The first-order valence-electron chi connectivity index (χ1n) is 11.5. The Balaban J connectivity index is 1.54. The Morgan fingerprint density at radius 2 is 1.94 bits per heavy atom. The lowest BCUT2D eigenvalue weighted by atomic mass is 9.82. The lowest BCUT2D eigenvalue weighted by Crippen LogP contribution is -2.58. The molecule has 3 N–H and O–H groups in total. The lowest BCUT2D eigenvalue weighted by molar-refractivity contribution is -0.135. The molecule has 0 bridgehead atoms. The maximum atomic E-state index is 13.8. The number of nitrogens with zero attached hydrogens (tertiary/aromatic N) is 2. The van der Waals surface area contributed by atoms with Gasteiger partial charge in [0.25, 0.3) is 18.2 Å². The number of halogens is 2. The minimum atomic E-state index is -2.86. The normalized spacial score (nSPS) is 20.5. The number of amides is 3. The number of carbonyl (C=O) groups excluding carboxylic acids is 3. The average molecular weight is 465 g/mol. The van der Waals surface area contributed by atoms with Gasteiger partial charge in [-0.15, -0.1) is 0 Å². The van der Waals surface area contributed by atoms with E-state index in [-0.39, 0.29) is 42.7 Å². The van der Waals surface area contributed by atoms with Gasteiger partial charge in [0.1, 0.15) is 6.61 Å². The van der Waals surface area contributed by atoms with Gasteiger partial charge in [-0.05, 0) is 49.8 Å². The molecule has 1 aromatic rings. The molecule has 3 aliphatic rings. The van der Waals surface area contributed by atoms with Crippen LogP contribution < -0.4 is 16.0 Å². The van der Waals surface area contributed by atoms with Gasteiger partial charge in [-0.1, -0.05) is 12.8 Å². The molecular formula is C23H30F2N4O4. The second kappa shape index (κ2) is 10.1. The summed E-state index contributed by atoms with van der Waals surface area (Å²) in [5, 5.41) is 2.61. The molecule has 0 spiro atoms. The standard InChI is InChI=1S/C23H30F2N4O4/c24-21(25)17-11-15(7-8-18(17)28-9-10-33-13-19(28)30)27-23(32)20(22(26)31)29(16-5-2-6-16)12-14-3-1-4-14/h7-8,11,14,16,20-21H,1-6,9-10,12-13H2,(H2,26,31)(H,27,32)/t20-/m1/s1. The van der Waals surface area contributed by atoms with Crippen molar-refractivity contribution in [1.82, 2.24) is 4.90 Å². The van der Waals surface area contributed by atoms with Crippen molar-refractivity contribution in [2.45, 2.75) is 57.0 Å². The van der Waals surface area contributed by atoms with Crippen LogP contribution in [0, 0.1) is 5.92 Å². The first-order chi connectivity index (χ1) is 15.8. The first kappa shape index (κ1) is 23.6. The smallest absolute Gasteiger partial charge is 0.265 e. The Morgan fingerprint density at radius 3 is 2.48 bits per heavy atom. The third kappa shape index (κ3) is 5.16. The van der Waals surface area contributed by atoms with Gasteiger partial charge in [0.05, 0.1) is 12.3 Å². The number of nitrogens with two attached hydrogens (primary N) is 1. The van der Waals surface area contributed by atoms with E-state index in [2.05, 4.69) is 5.32 Å². The summed E-state index contributed by atoms with van der Waals surface area (Å²) in [7, 11) is 0. The predicted octanol–water partition coefficient (Wildman–Crippen LogP) is 2.43. The Kier molecular flexibility index (Phi) is 7.23. The Morgan fingerprint density at radius 1 is 1.21 bits per heavy atom. The Hall–Kier alpha value is -2.59. The van der Waals surface area contributed by atoms with E-state index in [1.54, 1.807) is 0 Å². The summed E-state index contributed by atoms with van der Waals surface area (Å²) in [6.45, 7) is 0.891. The number of morpholine rings is 1. The number of anilines is 2. The van der Waals surface area contributed by atoms with Crippen molar-refractivity contribution >= 4 is 29.1 Å². The second-order valence-corrected chi connectivity index (χ2v) is 9.04. The number of primary amides is 1. The lowest BCUT2D eigenvalue weighted by Gasteiger charge is -2.43. The van der Waals surface area contributed by atoms with E-state index in [9.17, 15) is 23.2 Å². The van der Waals surface area contributed by atoms with E-state index in [4.69, 9.17) is 10.5 Å². The van der Waals surface area contributed by atoms with Crippen LogP contribution in [0.3, 0.4) is 0 Å². The largest absolute Gasteiger partial charge is 0.370 e. The van der Waals surface area contributed by atoms with E-state index in [1.165, 1.54) is 17.0 Å². The summed E-state index contributed by atoms with van der Waals surface area (Å²) in [6, 6.07) is 2.96. The van der Waals surface area contributed by atoms with E-state index < -0.39 is 30.2 Å². The van der Waals surface area contributed by atoms with Crippen molar-refractivity contribution in [3.8, 4) is 0 Å². The van der Waals surface area contributed by atoms with Crippen LogP contribution in [0.5, 0.6) is 0 Å². The molecule has 1 aromatic carbocycles. The topological polar surface area (TPSA) is 105 Å². The zero-order valence-corrected chi connectivity index (χ0v) is 18.5. The Labute approximate surface area is 191 Å². The predicted molar refractivity (Wildman–Crippen MR) is 118 cm³/mol. The fourth-order valence-corrected chi connectivity index (χ4v) is 4.64. The SMILES string of the molecule is NC(=O)[C@H](C(=O)Nc1ccc(N2CCOCC2=O)c(C(F)F)c1)N(CC1CCC1)C1CCC1. The highest BCUT2D eigenvalue weighted by molar-refractivity contribution is 6.09. The molecule has 1 heterocycles. The summed E-state index contributed by atoms with van der Waals surface area (Å²) in [5.74, 6) is -1.33. The van der Waals surface area contributed by atoms with Crippen molar-refractivity contribution in [3.05, 3.63) is 23.8 Å². The third-order valence-electron chi connectivity index (χ3n) is 6.89. The Bertz CT molecular complexity index is 904. The average Bonchev–Trinajstić information content (AvgIpc) is 2.69. The summed E-state index contributed by atoms with van der Waals surface area (Å²) >= 11 is 0. The van der Waals surface area contributed by atoms with Crippen LogP contribution in [0.15, 0.2) is 18.2 Å². The third-order valence-corrected chi connectivity index (χ3v) is 6.89. The number of rotatable bonds is 9. The maximum Gasteiger partial charge on any atom is 0.265 e. The monoisotopic (exact) mass is 464 g/mol. The second-order valence-electron chi connectivity index (χ2n) is 9.04. The van der Waals surface area contributed by atoms with Crippen LogP contribution in [0.4, 0.5) is 20.2 Å². The zero-order chi connectivity index (χ0) is 23.5. The van der Waals surface area contributed by atoms with E-state index in [0.717, 1.165) is 44.6 Å². The molecule has 2 aliphatic carbocycles. The number of benzene rings is 1. The van der Waals surface area contributed by atoms with Crippen LogP contribution in [0.25, 0.3) is 0 Å². The number of hydrogen-bond acceptors (Lipinski definition) is 5. The molecule has 33 heavy (non-hydrogen) atoms. The van der Waals surface area contributed by atoms with Crippen LogP contribution in [-0.2, 0) is 19.1 Å². The van der Waals surface area contributed by atoms with Gasteiger partial charge in [0, 0.05) is 30.4 Å². The van der Waals surface area contributed by atoms with Crippen LogP contribution in [0.1, 0.15) is 50.5 Å². The maximum absolute atomic E-state index is 13.8. The molecule has 0 radical (unpaired) electrons. The van der Waals surface area contributed by atoms with Crippen molar-refractivity contribution < 1.29 is 27.9 Å². The number of alkyl halides is 2. The van der Waals surface area contributed by atoms with Gasteiger partial charge in [0.2, 0.25) is 5.91 Å². The van der Waals surface area contributed by atoms with Gasteiger partial charge in [-0.3, -0.25) is 19.3 Å². The molecule has 8 nitrogen and oxygen atoms in total. The van der Waals surface area contributed by atoms with Crippen molar-refractivity contribution in [1.29, 1.82) is 0 Å². The molecular weight excluding hydrogens is 434 g/mol. The summed E-state index contributed by atoms with van der Waals surface area (Å²) in [6.07, 6.45) is 3.27. The minimum absolute atomic E-state index is 0.0869. The zero-order valence-electron chi connectivity index (χ0n) is 18.5. The van der Waals surface area contributed by atoms with Crippen molar-refractivity contribution in [3.63, 3.8) is 0 Å². The molecule has 10 heteroatoms.